The highest BCUT2D eigenvalue weighted by Crippen LogP contribution is 2.19. The number of aliphatic carboxylic acids is 1. The van der Waals surface area contributed by atoms with Crippen molar-refractivity contribution < 1.29 is 19.1 Å². The molecule has 1 aromatic heterocycles. The molecule has 0 amide bonds. The third kappa shape index (κ3) is 3.55. The predicted octanol–water partition coefficient (Wildman–Crippen LogP) is 1.72. The Hall–Kier alpha value is -0.850. The van der Waals surface area contributed by atoms with E-state index in [1.165, 1.54) is 0 Å². The van der Waals surface area contributed by atoms with E-state index in [-0.39, 0.29) is 12.5 Å². The molecule has 0 spiro atoms. The van der Waals surface area contributed by atoms with E-state index in [1.807, 2.05) is 12.1 Å². The number of morpholine rings is 1. The monoisotopic (exact) mass is 303 g/mol. The number of hydrogen-bond donors (Lipinski definition) is 1. The number of carboxylic acids is 1. The Morgan fingerprint density at radius 3 is 3.06 bits per heavy atom. The van der Waals surface area contributed by atoms with Crippen LogP contribution in [-0.4, -0.2) is 41.8 Å². The molecular formula is C11H14BrNO4. The zero-order valence-corrected chi connectivity index (χ0v) is 10.9. The molecule has 2 rings (SSSR count). The van der Waals surface area contributed by atoms with Crippen LogP contribution in [0.25, 0.3) is 0 Å². The Morgan fingerprint density at radius 2 is 2.41 bits per heavy atom. The Balaban J connectivity index is 1.98. The lowest BCUT2D eigenvalue weighted by Crippen LogP contribution is -2.45. The van der Waals surface area contributed by atoms with Crippen LogP contribution >= 0.6 is 15.9 Å². The average molecular weight is 304 g/mol. The van der Waals surface area contributed by atoms with Crippen LogP contribution < -0.4 is 0 Å². The molecule has 1 saturated heterocycles. The minimum absolute atomic E-state index is 0.0786. The van der Waals surface area contributed by atoms with Gasteiger partial charge in [-0.3, -0.25) is 9.69 Å². The Bertz CT molecular complexity index is 393. The van der Waals surface area contributed by atoms with Crippen LogP contribution in [-0.2, 0) is 16.1 Å². The highest BCUT2D eigenvalue weighted by molar-refractivity contribution is 9.10. The number of ether oxygens (including phenoxy) is 1. The summed E-state index contributed by atoms with van der Waals surface area (Å²) in [6.07, 6.45) is 0.0991. The van der Waals surface area contributed by atoms with Gasteiger partial charge in [-0.05, 0) is 28.1 Å². The van der Waals surface area contributed by atoms with E-state index in [4.69, 9.17) is 14.3 Å². The van der Waals surface area contributed by atoms with Gasteiger partial charge in [0.05, 0.1) is 26.2 Å². The Morgan fingerprint density at radius 1 is 1.59 bits per heavy atom. The van der Waals surface area contributed by atoms with E-state index < -0.39 is 5.97 Å². The van der Waals surface area contributed by atoms with E-state index >= 15 is 0 Å². The molecule has 0 aromatic carbocycles. The largest absolute Gasteiger partial charge is 0.481 e. The average Bonchev–Trinajstić information content (AvgIpc) is 2.66. The number of furan rings is 1. The van der Waals surface area contributed by atoms with Crippen molar-refractivity contribution in [3.8, 4) is 0 Å². The molecule has 1 aliphatic heterocycles. The summed E-state index contributed by atoms with van der Waals surface area (Å²) in [7, 11) is 0. The lowest BCUT2D eigenvalue weighted by molar-refractivity contribution is -0.140. The highest BCUT2D eigenvalue weighted by atomic mass is 79.9. The van der Waals surface area contributed by atoms with Gasteiger partial charge in [0.15, 0.2) is 4.67 Å². The maximum atomic E-state index is 10.8. The molecule has 0 saturated carbocycles. The number of hydrogen-bond acceptors (Lipinski definition) is 4. The van der Waals surface area contributed by atoms with Gasteiger partial charge >= 0.3 is 5.97 Å². The number of carbonyl (C=O) groups is 1. The summed E-state index contributed by atoms with van der Waals surface area (Å²) in [6, 6.07) is 3.64. The van der Waals surface area contributed by atoms with Crippen molar-refractivity contribution in [1.29, 1.82) is 0 Å². The van der Waals surface area contributed by atoms with Crippen molar-refractivity contribution in [2.75, 3.05) is 19.8 Å². The quantitative estimate of drug-likeness (QED) is 0.917. The lowest BCUT2D eigenvalue weighted by Gasteiger charge is -2.34. The summed E-state index contributed by atoms with van der Waals surface area (Å²) in [4.78, 5) is 12.8. The lowest BCUT2D eigenvalue weighted by atomic mass is 10.1. The molecule has 1 fully saturated rings. The van der Waals surface area contributed by atoms with Gasteiger partial charge in [-0.15, -0.1) is 0 Å². The third-order valence-corrected chi connectivity index (χ3v) is 3.17. The summed E-state index contributed by atoms with van der Waals surface area (Å²) < 4.78 is 11.4. The zero-order chi connectivity index (χ0) is 12.3. The first kappa shape index (κ1) is 12.6. The number of carboxylic acid groups (broad SMARTS) is 1. The molecule has 0 aliphatic carbocycles. The maximum Gasteiger partial charge on any atom is 0.305 e. The van der Waals surface area contributed by atoms with Crippen LogP contribution in [0.3, 0.4) is 0 Å². The van der Waals surface area contributed by atoms with Crippen LogP contribution in [0.1, 0.15) is 12.2 Å². The van der Waals surface area contributed by atoms with Crippen LogP contribution in [0, 0.1) is 0 Å². The van der Waals surface area contributed by atoms with Crippen molar-refractivity contribution in [3.63, 3.8) is 0 Å². The fourth-order valence-electron chi connectivity index (χ4n) is 1.92. The second-order valence-corrected chi connectivity index (χ2v) is 4.78. The Labute approximate surface area is 107 Å². The number of rotatable bonds is 4. The summed E-state index contributed by atoms with van der Waals surface area (Å²) in [6.45, 7) is 2.45. The van der Waals surface area contributed by atoms with Crippen molar-refractivity contribution >= 4 is 21.9 Å². The first-order chi connectivity index (χ1) is 8.15. The molecular weight excluding hydrogens is 290 g/mol. The van der Waals surface area contributed by atoms with Crippen LogP contribution in [0.5, 0.6) is 0 Å². The first-order valence-electron chi connectivity index (χ1n) is 5.43. The summed E-state index contributed by atoms with van der Waals surface area (Å²) in [5, 5.41) is 8.84. The molecule has 5 nitrogen and oxygen atoms in total. The predicted molar refractivity (Wildman–Crippen MR) is 63.7 cm³/mol. The highest BCUT2D eigenvalue weighted by Gasteiger charge is 2.25. The van der Waals surface area contributed by atoms with Crippen molar-refractivity contribution in [2.24, 2.45) is 0 Å². The van der Waals surface area contributed by atoms with Gasteiger partial charge in [-0.25, -0.2) is 0 Å². The normalized spacial score (nSPS) is 21.6. The number of nitrogens with zero attached hydrogens (tertiary/aromatic N) is 1. The molecule has 0 radical (unpaired) electrons. The smallest absolute Gasteiger partial charge is 0.305 e. The summed E-state index contributed by atoms with van der Waals surface area (Å²) in [5.41, 5.74) is 0. The van der Waals surface area contributed by atoms with Gasteiger partial charge in [-0.1, -0.05) is 0 Å². The van der Waals surface area contributed by atoms with Gasteiger partial charge in [0.25, 0.3) is 0 Å². The van der Waals surface area contributed by atoms with E-state index in [9.17, 15) is 4.79 Å². The molecule has 1 unspecified atom stereocenters. The van der Waals surface area contributed by atoms with E-state index in [0.717, 1.165) is 12.3 Å². The fraction of sp³-hybridized carbons (Fsp3) is 0.545. The molecule has 1 aliphatic rings. The third-order valence-electron chi connectivity index (χ3n) is 2.75. The minimum Gasteiger partial charge on any atom is -0.481 e. The molecule has 1 aromatic rings. The molecule has 0 bridgehead atoms. The van der Waals surface area contributed by atoms with Gasteiger partial charge in [0.2, 0.25) is 0 Å². The van der Waals surface area contributed by atoms with E-state index in [0.29, 0.717) is 24.4 Å². The van der Waals surface area contributed by atoms with Crippen LogP contribution in [0.15, 0.2) is 21.2 Å². The van der Waals surface area contributed by atoms with E-state index in [1.54, 1.807) is 0 Å². The van der Waals surface area contributed by atoms with Crippen LogP contribution in [0.4, 0.5) is 0 Å². The molecule has 6 heteroatoms. The van der Waals surface area contributed by atoms with Gasteiger partial charge < -0.3 is 14.3 Å². The SMILES string of the molecule is O=C(O)CC1COCCN1Cc1ccc(Br)o1. The molecule has 17 heavy (non-hydrogen) atoms. The van der Waals surface area contributed by atoms with Gasteiger partial charge in [-0.2, -0.15) is 0 Å². The molecule has 1 atom stereocenters. The van der Waals surface area contributed by atoms with Crippen molar-refractivity contribution in [1.82, 2.24) is 4.90 Å². The second-order valence-electron chi connectivity index (χ2n) is 4.00. The van der Waals surface area contributed by atoms with E-state index in [2.05, 4.69) is 20.8 Å². The van der Waals surface area contributed by atoms with Gasteiger partial charge in [0.1, 0.15) is 5.76 Å². The molecule has 94 valence electrons. The van der Waals surface area contributed by atoms with Crippen molar-refractivity contribution in [3.05, 3.63) is 22.6 Å². The fourth-order valence-corrected chi connectivity index (χ4v) is 2.26. The molecule has 2 heterocycles. The number of halogens is 1. The molecule has 1 N–H and O–H groups in total. The van der Waals surface area contributed by atoms with Crippen LogP contribution in [0.2, 0.25) is 0 Å². The van der Waals surface area contributed by atoms with Gasteiger partial charge in [0, 0.05) is 12.6 Å². The topological polar surface area (TPSA) is 62.9 Å². The standard InChI is InChI=1S/C11H14BrNO4/c12-10-2-1-9(17-10)6-13-3-4-16-7-8(13)5-11(14)15/h1-2,8H,3-7H2,(H,14,15). The minimum atomic E-state index is -0.800. The van der Waals surface area contributed by atoms with Crippen molar-refractivity contribution in [2.45, 2.75) is 19.0 Å². The summed E-state index contributed by atoms with van der Waals surface area (Å²) >= 11 is 3.25. The maximum absolute atomic E-state index is 10.8. The Kier molecular flexibility index (Phi) is 4.20. The second kappa shape index (κ2) is 5.66. The zero-order valence-electron chi connectivity index (χ0n) is 9.26. The summed E-state index contributed by atoms with van der Waals surface area (Å²) in [5.74, 6) is 0.0280. The first-order valence-corrected chi connectivity index (χ1v) is 6.22.